The van der Waals surface area contributed by atoms with Gasteiger partial charge in [-0.3, -0.25) is 4.79 Å². The first-order valence-electron chi connectivity index (χ1n) is 7.32. The summed E-state index contributed by atoms with van der Waals surface area (Å²) < 4.78 is 0. The fourth-order valence-electron chi connectivity index (χ4n) is 2.21. The lowest BCUT2D eigenvalue weighted by molar-refractivity contribution is 0.0957. The molecule has 1 N–H and O–H groups in total. The Hall–Kier alpha value is -1.49. The summed E-state index contributed by atoms with van der Waals surface area (Å²) in [6, 6.07) is 0. The first kappa shape index (κ1) is 15.9. The lowest BCUT2D eigenvalue weighted by Gasteiger charge is -2.16. The van der Waals surface area contributed by atoms with E-state index in [0.717, 1.165) is 38.6 Å². The third-order valence-electron chi connectivity index (χ3n) is 3.38. The Morgan fingerprint density at radius 1 is 1.24 bits per heavy atom. The summed E-state index contributed by atoms with van der Waals surface area (Å²) in [6.45, 7) is 13.0. The zero-order valence-corrected chi connectivity index (χ0v) is 14.4. The van der Waals surface area contributed by atoms with Crippen molar-refractivity contribution in [3.63, 3.8) is 0 Å². The average Bonchev–Trinajstić information content (AvgIpc) is 2.73. The Bertz CT molecular complexity index is 683. The second-order valence-electron chi connectivity index (χ2n) is 6.37. The fraction of sp³-hybridized carbons (Fsp3) is 0.562. The Balaban J connectivity index is 2.55. The molecule has 0 spiro atoms. The minimum Gasteiger partial charge on any atom is -0.351 e. The lowest BCUT2D eigenvalue weighted by atomic mass is 9.95. The molecule has 0 aliphatic heterocycles. The van der Waals surface area contributed by atoms with Crippen molar-refractivity contribution in [2.75, 3.05) is 6.54 Å². The Morgan fingerprint density at radius 2 is 1.90 bits per heavy atom. The summed E-state index contributed by atoms with van der Waals surface area (Å²) in [6.07, 6.45) is 0.933. The molecule has 0 radical (unpaired) electrons. The molecule has 0 fully saturated rings. The first-order valence-corrected chi connectivity index (χ1v) is 8.13. The molecule has 0 saturated heterocycles. The van der Waals surface area contributed by atoms with Crippen LogP contribution in [0.4, 0.5) is 0 Å². The Labute approximate surface area is 130 Å². The predicted molar refractivity (Wildman–Crippen MR) is 88.2 cm³/mol. The summed E-state index contributed by atoms with van der Waals surface area (Å²) in [5, 5.41) is 3.96. The van der Waals surface area contributed by atoms with Crippen LogP contribution >= 0.6 is 11.3 Å². The van der Waals surface area contributed by atoms with E-state index in [9.17, 15) is 4.79 Å². The molecule has 0 atom stereocenters. The van der Waals surface area contributed by atoms with Gasteiger partial charge in [-0.05, 0) is 25.8 Å². The number of fused-ring (bicyclic) bond motifs is 1. The molecule has 0 aliphatic rings. The molecule has 0 bridgehead atoms. The van der Waals surface area contributed by atoms with E-state index in [0.29, 0.717) is 6.54 Å². The highest BCUT2D eigenvalue weighted by atomic mass is 32.1. The van der Waals surface area contributed by atoms with Crippen molar-refractivity contribution in [1.82, 2.24) is 15.3 Å². The van der Waals surface area contributed by atoms with Gasteiger partial charge in [0.1, 0.15) is 10.7 Å². The van der Waals surface area contributed by atoms with Crippen molar-refractivity contribution in [2.24, 2.45) is 0 Å². The summed E-state index contributed by atoms with van der Waals surface area (Å²) in [7, 11) is 0. The third-order valence-corrected chi connectivity index (χ3v) is 4.57. The third kappa shape index (κ3) is 3.07. The number of nitrogens with zero attached hydrogens (tertiary/aromatic N) is 2. The molecule has 2 aromatic heterocycles. The second-order valence-corrected chi connectivity index (χ2v) is 7.37. The van der Waals surface area contributed by atoms with E-state index in [2.05, 4.69) is 36.1 Å². The molecular formula is C16H23N3OS. The molecule has 114 valence electrons. The van der Waals surface area contributed by atoms with Crippen molar-refractivity contribution in [3.05, 3.63) is 22.0 Å². The van der Waals surface area contributed by atoms with Gasteiger partial charge in [0, 0.05) is 17.3 Å². The maximum atomic E-state index is 12.2. The molecule has 4 nitrogen and oxygen atoms in total. The average molecular weight is 305 g/mol. The molecule has 0 saturated carbocycles. The van der Waals surface area contributed by atoms with Crippen LogP contribution in [0.15, 0.2) is 0 Å². The van der Waals surface area contributed by atoms with Crippen LogP contribution in [0.3, 0.4) is 0 Å². The van der Waals surface area contributed by atoms with Crippen LogP contribution < -0.4 is 5.32 Å². The quantitative estimate of drug-likeness (QED) is 0.939. The number of aromatic nitrogens is 2. The van der Waals surface area contributed by atoms with Gasteiger partial charge in [0.15, 0.2) is 0 Å². The first-order chi connectivity index (χ1) is 9.75. The summed E-state index contributed by atoms with van der Waals surface area (Å²) in [5.41, 5.74) is 1.84. The normalized spacial score (nSPS) is 11.9. The number of aryl methyl sites for hydroxylation is 2. The zero-order valence-electron chi connectivity index (χ0n) is 13.6. The van der Waals surface area contributed by atoms with Gasteiger partial charge >= 0.3 is 0 Å². The van der Waals surface area contributed by atoms with Crippen LogP contribution in [0, 0.1) is 13.8 Å². The molecule has 2 aromatic rings. The lowest BCUT2D eigenvalue weighted by Crippen LogP contribution is -2.23. The standard InChI is InChI=1S/C16H23N3OS/c1-7-8-17-13(20)12-9(2)11-10(3)18-15(16(4,5)6)19-14(11)21-12/h7-8H2,1-6H3,(H,17,20). The van der Waals surface area contributed by atoms with E-state index in [1.165, 1.54) is 11.3 Å². The molecule has 1 amide bonds. The SMILES string of the molecule is CCCNC(=O)c1sc2nc(C(C)(C)C)nc(C)c2c1C. The van der Waals surface area contributed by atoms with E-state index in [-0.39, 0.29) is 11.3 Å². The molecule has 5 heteroatoms. The van der Waals surface area contributed by atoms with Crippen LogP contribution in [0.1, 0.15) is 60.9 Å². The maximum absolute atomic E-state index is 12.2. The number of rotatable bonds is 3. The number of nitrogens with one attached hydrogen (secondary N) is 1. The molecule has 0 aromatic carbocycles. The monoisotopic (exact) mass is 305 g/mol. The van der Waals surface area contributed by atoms with Gasteiger partial charge in [-0.15, -0.1) is 11.3 Å². The van der Waals surface area contributed by atoms with Crippen LogP contribution in [0.5, 0.6) is 0 Å². The number of thiophene rings is 1. The van der Waals surface area contributed by atoms with Gasteiger partial charge in [0.25, 0.3) is 5.91 Å². The van der Waals surface area contributed by atoms with Gasteiger partial charge in [0.2, 0.25) is 0 Å². The minimum absolute atomic E-state index is 0.00550. The highest BCUT2D eigenvalue weighted by Gasteiger charge is 2.23. The van der Waals surface area contributed by atoms with E-state index >= 15 is 0 Å². The summed E-state index contributed by atoms with van der Waals surface area (Å²) in [5.74, 6) is 0.823. The number of amides is 1. The minimum atomic E-state index is -0.0958. The Morgan fingerprint density at radius 3 is 2.48 bits per heavy atom. The van der Waals surface area contributed by atoms with E-state index in [1.807, 2.05) is 20.8 Å². The molecule has 21 heavy (non-hydrogen) atoms. The molecule has 2 rings (SSSR count). The zero-order chi connectivity index (χ0) is 15.8. The van der Waals surface area contributed by atoms with Crippen LogP contribution in [-0.2, 0) is 5.41 Å². The molecule has 0 unspecified atom stereocenters. The predicted octanol–water partition coefficient (Wildman–Crippen LogP) is 3.75. The Kier molecular flexibility index (Phi) is 4.33. The molecule has 2 heterocycles. The van der Waals surface area contributed by atoms with Gasteiger partial charge in [-0.25, -0.2) is 9.97 Å². The van der Waals surface area contributed by atoms with Crippen LogP contribution in [0.25, 0.3) is 10.2 Å². The van der Waals surface area contributed by atoms with Gasteiger partial charge in [-0.1, -0.05) is 27.7 Å². The molecule has 0 aliphatic carbocycles. The van der Waals surface area contributed by atoms with Gasteiger partial charge in [0.05, 0.1) is 10.6 Å². The summed E-state index contributed by atoms with van der Waals surface area (Å²) >= 11 is 1.46. The van der Waals surface area contributed by atoms with E-state index in [1.54, 1.807) is 0 Å². The number of hydrogen-bond donors (Lipinski definition) is 1. The number of carbonyl (C=O) groups is 1. The van der Waals surface area contributed by atoms with Crippen molar-refractivity contribution in [1.29, 1.82) is 0 Å². The van der Waals surface area contributed by atoms with E-state index in [4.69, 9.17) is 0 Å². The van der Waals surface area contributed by atoms with Gasteiger partial charge < -0.3 is 5.32 Å². The van der Waals surface area contributed by atoms with Crippen LogP contribution in [-0.4, -0.2) is 22.4 Å². The van der Waals surface area contributed by atoms with Crippen molar-refractivity contribution in [2.45, 2.75) is 53.4 Å². The second kappa shape index (κ2) is 5.72. The number of carbonyl (C=O) groups excluding carboxylic acids is 1. The highest BCUT2D eigenvalue weighted by molar-refractivity contribution is 7.20. The van der Waals surface area contributed by atoms with Gasteiger partial charge in [-0.2, -0.15) is 0 Å². The van der Waals surface area contributed by atoms with Crippen molar-refractivity contribution >= 4 is 27.5 Å². The topological polar surface area (TPSA) is 54.9 Å². The van der Waals surface area contributed by atoms with E-state index < -0.39 is 0 Å². The van der Waals surface area contributed by atoms with Crippen molar-refractivity contribution in [3.8, 4) is 0 Å². The van der Waals surface area contributed by atoms with Crippen LogP contribution in [0.2, 0.25) is 0 Å². The number of hydrogen-bond acceptors (Lipinski definition) is 4. The van der Waals surface area contributed by atoms with Crippen molar-refractivity contribution < 1.29 is 4.79 Å². The smallest absolute Gasteiger partial charge is 0.261 e. The maximum Gasteiger partial charge on any atom is 0.261 e. The largest absolute Gasteiger partial charge is 0.351 e. The highest BCUT2D eigenvalue weighted by Crippen LogP contribution is 2.33. The molecular weight excluding hydrogens is 282 g/mol. The summed E-state index contributed by atoms with van der Waals surface area (Å²) in [4.78, 5) is 23.2. The fourth-order valence-corrected chi connectivity index (χ4v) is 3.36.